The van der Waals surface area contributed by atoms with Gasteiger partial charge in [-0.3, -0.25) is 0 Å². The minimum atomic E-state index is 0. The first kappa shape index (κ1) is 30.6. The molecule has 0 saturated heterocycles. The van der Waals surface area contributed by atoms with Gasteiger partial charge in [-0.15, -0.1) is 0 Å². The van der Waals surface area contributed by atoms with E-state index in [2.05, 4.69) is 0 Å². The van der Waals surface area contributed by atoms with Crippen molar-refractivity contribution < 1.29 is 20.4 Å². The summed E-state index contributed by atoms with van der Waals surface area (Å²) in [5, 5.41) is 31.5. The van der Waals surface area contributed by atoms with Crippen molar-refractivity contribution in [2.75, 3.05) is 26.4 Å². The molecule has 17 heavy (non-hydrogen) atoms. The minimum absolute atomic E-state index is 0. The molecule has 5 heteroatoms. The van der Waals surface area contributed by atoms with Crippen LogP contribution in [0.3, 0.4) is 0 Å². The van der Waals surface area contributed by atoms with Gasteiger partial charge in [0.15, 0.2) is 0 Å². The van der Waals surface area contributed by atoms with Crippen molar-refractivity contribution in [3.63, 3.8) is 0 Å². The third-order valence-corrected chi connectivity index (χ3v) is 0.894. The molecule has 0 fully saturated rings. The Labute approximate surface area is 126 Å². The van der Waals surface area contributed by atoms with Crippen LogP contribution in [0.15, 0.2) is 0 Å². The summed E-state index contributed by atoms with van der Waals surface area (Å²) in [6, 6.07) is 0. The Kier molecular flexibility index (Phi) is 97.9. The van der Waals surface area contributed by atoms with Gasteiger partial charge in [0.05, 0.1) is 0 Å². The Bertz CT molecular complexity index is 42.5. The number of rotatable bonds is 4. The van der Waals surface area contributed by atoms with Crippen molar-refractivity contribution in [2.45, 2.75) is 53.4 Å². The first-order valence-electron chi connectivity index (χ1n) is 6.09. The summed E-state index contributed by atoms with van der Waals surface area (Å²) in [4.78, 5) is 0. The second kappa shape index (κ2) is 54.4. The molecule has 110 valence electrons. The van der Waals surface area contributed by atoms with Crippen LogP contribution in [0.25, 0.3) is 0 Å². The van der Waals surface area contributed by atoms with E-state index in [0.717, 1.165) is 25.7 Å². The van der Waals surface area contributed by atoms with E-state index in [1.807, 2.05) is 27.7 Å². The van der Waals surface area contributed by atoms with E-state index in [9.17, 15) is 0 Å². The average Bonchev–Trinajstić information content (AvgIpc) is 2.39. The van der Waals surface area contributed by atoms with Crippen LogP contribution in [0.4, 0.5) is 0 Å². The van der Waals surface area contributed by atoms with E-state index >= 15 is 0 Å². The molecular weight excluding hydrogens is 323 g/mol. The second-order valence-electron chi connectivity index (χ2n) is 2.89. The van der Waals surface area contributed by atoms with Gasteiger partial charge in [-0.1, -0.05) is 27.7 Å². The van der Waals surface area contributed by atoms with Gasteiger partial charge in [0.25, 0.3) is 0 Å². The third kappa shape index (κ3) is 163. The SMILES string of the molecule is CCCO.CCCO.CCCO.CCCO.[InH3]. The molecule has 0 aliphatic heterocycles. The van der Waals surface area contributed by atoms with Crippen LogP contribution in [0.5, 0.6) is 0 Å². The summed E-state index contributed by atoms with van der Waals surface area (Å²) in [7, 11) is 0. The van der Waals surface area contributed by atoms with Gasteiger partial charge in [-0.05, 0) is 25.7 Å². The Morgan fingerprint density at radius 2 is 0.529 bits per heavy atom. The summed E-state index contributed by atoms with van der Waals surface area (Å²) in [5.74, 6) is 0. The topological polar surface area (TPSA) is 80.9 Å². The van der Waals surface area contributed by atoms with Crippen LogP contribution >= 0.6 is 0 Å². The molecule has 0 aliphatic rings. The van der Waals surface area contributed by atoms with E-state index in [1.165, 1.54) is 0 Å². The summed E-state index contributed by atoms with van der Waals surface area (Å²) in [5.41, 5.74) is 0. The molecule has 0 spiro atoms. The van der Waals surface area contributed by atoms with E-state index in [4.69, 9.17) is 20.4 Å². The van der Waals surface area contributed by atoms with Crippen LogP contribution < -0.4 is 0 Å². The summed E-state index contributed by atoms with van der Waals surface area (Å²) < 4.78 is 0. The first-order valence-corrected chi connectivity index (χ1v) is 6.09. The number of hydrogen-bond donors (Lipinski definition) is 4. The standard InChI is InChI=1S/4C3H8O.In.3H/c4*1-2-3-4;;;;/h4*4H,2-3H2,1H3;;;;. The van der Waals surface area contributed by atoms with Gasteiger partial charge in [0.2, 0.25) is 0 Å². The van der Waals surface area contributed by atoms with Gasteiger partial charge in [0, 0.05) is 26.4 Å². The molecule has 0 heterocycles. The predicted molar refractivity (Wildman–Crippen MR) is 79.4 cm³/mol. The van der Waals surface area contributed by atoms with E-state index in [1.54, 1.807) is 0 Å². The van der Waals surface area contributed by atoms with Gasteiger partial charge >= 0.3 is 25.8 Å². The van der Waals surface area contributed by atoms with Crippen LogP contribution in [-0.4, -0.2) is 72.7 Å². The van der Waals surface area contributed by atoms with Crippen molar-refractivity contribution in [3.8, 4) is 0 Å². The summed E-state index contributed by atoms with van der Waals surface area (Å²) in [6.07, 6.45) is 3.50. The normalized spacial score (nSPS) is 7.06. The summed E-state index contributed by atoms with van der Waals surface area (Å²) in [6.45, 7) is 9.00. The first-order chi connectivity index (χ1) is 7.66. The van der Waals surface area contributed by atoms with Crippen LogP contribution in [-0.2, 0) is 0 Å². The fourth-order valence-electron chi connectivity index (χ4n) is 0. The van der Waals surface area contributed by atoms with Gasteiger partial charge in [0.1, 0.15) is 0 Å². The van der Waals surface area contributed by atoms with Crippen molar-refractivity contribution in [1.82, 2.24) is 0 Å². The maximum atomic E-state index is 7.88. The summed E-state index contributed by atoms with van der Waals surface area (Å²) >= 11 is 0. The molecule has 0 aromatic heterocycles. The van der Waals surface area contributed by atoms with Gasteiger partial charge in [-0.2, -0.15) is 0 Å². The molecule has 0 aromatic rings. The predicted octanol–water partition coefficient (Wildman–Crippen LogP) is 0.371. The van der Waals surface area contributed by atoms with Gasteiger partial charge in [-0.25, -0.2) is 0 Å². The van der Waals surface area contributed by atoms with Gasteiger partial charge < -0.3 is 20.4 Å². The fraction of sp³-hybridized carbons (Fsp3) is 1.00. The molecule has 0 rings (SSSR count). The van der Waals surface area contributed by atoms with Crippen molar-refractivity contribution in [3.05, 3.63) is 0 Å². The molecule has 0 amide bonds. The molecule has 0 radical (unpaired) electrons. The molecule has 0 aliphatic carbocycles. The Morgan fingerprint density at radius 3 is 0.529 bits per heavy atom. The van der Waals surface area contributed by atoms with Crippen LogP contribution in [0.2, 0.25) is 0 Å². The van der Waals surface area contributed by atoms with E-state index in [0.29, 0.717) is 26.4 Å². The number of aliphatic hydroxyl groups excluding tert-OH is 4. The number of aliphatic hydroxyl groups is 4. The molecule has 0 atom stereocenters. The second-order valence-corrected chi connectivity index (χ2v) is 2.89. The Balaban J connectivity index is -0.0000000369. The average molecular weight is 358 g/mol. The maximum absolute atomic E-state index is 7.88. The quantitative estimate of drug-likeness (QED) is 0.586. The van der Waals surface area contributed by atoms with Crippen molar-refractivity contribution >= 4 is 25.8 Å². The van der Waals surface area contributed by atoms with Crippen LogP contribution in [0.1, 0.15) is 53.4 Å². The molecular formula is C12H35InO4. The Hall–Kier alpha value is 0.710. The molecule has 0 bridgehead atoms. The van der Waals surface area contributed by atoms with Crippen molar-refractivity contribution in [1.29, 1.82) is 0 Å². The molecule has 4 N–H and O–H groups in total. The molecule has 0 aromatic carbocycles. The zero-order chi connectivity index (χ0) is 13.7. The zero-order valence-corrected chi connectivity index (χ0v) is 11.4. The van der Waals surface area contributed by atoms with E-state index < -0.39 is 0 Å². The molecule has 0 saturated carbocycles. The van der Waals surface area contributed by atoms with Crippen LogP contribution in [0, 0.1) is 0 Å². The molecule has 0 unspecified atom stereocenters. The molecule has 4 nitrogen and oxygen atoms in total. The third-order valence-electron chi connectivity index (χ3n) is 0.894. The Morgan fingerprint density at radius 1 is 0.471 bits per heavy atom. The van der Waals surface area contributed by atoms with Crippen molar-refractivity contribution in [2.24, 2.45) is 0 Å². The zero-order valence-electron chi connectivity index (χ0n) is 11.4. The monoisotopic (exact) mass is 358 g/mol. The van der Waals surface area contributed by atoms with E-state index in [-0.39, 0.29) is 25.8 Å². The number of hydrogen-bond acceptors (Lipinski definition) is 4. The fourth-order valence-corrected chi connectivity index (χ4v) is 0.